The van der Waals surface area contributed by atoms with Crippen molar-refractivity contribution < 1.29 is 22.7 Å². The summed E-state index contributed by atoms with van der Waals surface area (Å²) in [6.45, 7) is 1.43. The monoisotopic (exact) mass is 436 g/mol. The Balaban J connectivity index is 1.38. The van der Waals surface area contributed by atoms with Crippen LogP contribution in [-0.2, 0) is 14.8 Å². The third kappa shape index (κ3) is 4.26. The van der Waals surface area contributed by atoms with E-state index in [1.54, 1.807) is 29.5 Å². The number of carbonyl (C=O) groups excluding carboxylic acids is 1. The van der Waals surface area contributed by atoms with Gasteiger partial charge in [-0.1, -0.05) is 18.2 Å². The SMILES string of the molecule is CN(C[C@@H]1COc2ccccc2O1)C(=O)[C@H]1CCCN(S(=O)(=O)c2cccs2)C1. The number of likely N-dealkylation sites (N-methyl/N-ethyl adjacent to an activating group) is 1. The van der Waals surface area contributed by atoms with Crippen LogP contribution in [-0.4, -0.2) is 62.9 Å². The molecule has 0 spiro atoms. The molecular formula is C20H24N2O5S2. The summed E-state index contributed by atoms with van der Waals surface area (Å²) in [5.41, 5.74) is 0. The minimum absolute atomic E-state index is 0.0569. The summed E-state index contributed by atoms with van der Waals surface area (Å²) >= 11 is 1.20. The summed E-state index contributed by atoms with van der Waals surface area (Å²) in [5.74, 6) is 0.980. The molecule has 0 N–H and O–H groups in total. The zero-order valence-corrected chi connectivity index (χ0v) is 17.8. The van der Waals surface area contributed by atoms with Gasteiger partial charge in [-0.05, 0) is 36.4 Å². The lowest BCUT2D eigenvalue weighted by Gasteiger charge is -2.34. The molecule has 1 aromatic carbocycles. The van der Waals surface area contributed by atoms with Gasteiger partial charge in [-0.15, -0.1) is 11.3 Å². The second kappa shape index (κ2) is 8.33. The number of nitrogens with zero attached hydrogens (tertiary/aromatic N) is 2. The molecular weight excluding hydrogens is 412 g/mol. The maximum atomic E-state index is 13.0. The Bertz CT molecular complexity index is 961. The van der Waals surface area contributed by atoms with Crippen molar-refractivity contribution in [2.24, 2.45) is 5.92 Å². The summed E-state index contributed by atoms with van der Waals surface area (Å²) in [6, 6.07) is 10.8. The van der Waals surface area contributed by atoms with Crippen LogP contribution in [0, 0.1) is 5.92 Å². The van der Waals surface area contributed by atoms with E-state index in [0.29, 0.717) is 48.2 Å². The predicted octanol–water partition coefficient (Wildman–Crippen LogP) is 2.45. The van der Waals surface area contributed by atoms with E-state index in [4.69, 9.17) is 9.47 Å². The molecule has 0 saturated carbocycles. The Hall–Kier alpha value is -2.10. The summed E-state index contributed by atoms with van der Waals surface area (Å²) < 4.78 is 39.0. The first kappa shape index (κ1) is 20.2. The molecule has 4 rings (SSSR count). The molecule has 9 heteroatoms. The van der Waals surface area contributed by atoms with Gasteiger partial charge in [-0.25, -0.2) is 8.42 Å². The Morgan fingerprint density at radius 2 is 2.03 bits per heavy atom. The topological polar surface area (TPSA) is 76.2 Å². The molecule has 1 amide bonds. The van der Waals surface area contributed by atoms with Crippen molar-refractivity contribution in [3.63, 3.8) is 0 Å². The smallest absolute Gasteiger partial charge is 0.252 e. The van der Waals surface area contributed by atoms with Gasteiger partial charge in [0.1, 0.15) is 10.8 Å². The highest BCUT2D eigenvalue weighted by Gasteiger charge is 2.35. The third-order valence-electron chi connectivity index (χ3n) is 5.24. The van der Waals surface area contributed by atoms with Crippen LogP contribution in [0.4, 0.5) is 0 Å². The summed E-state index contributed by atoms with van der Waals surface area (Å²) in [5, 5.41) is 1.75. The van der Waals surface area contributed by atoms with Crippen LogP contribution in [0.15, 0.2) is 46.0 Å². The first-order valence-corrected chi connectivity index (χ1v) is 11.9. The van der Waals surface area contributed by atoms with Crippen LogP contribution in [0.5, 0.6) is 11.5 Å². The normalized spacial score (nSPS) is 22.2. The first-order chi connectivity index (χ1) is 13.9. The Kier molecular flexibility index (Phi) is 5.80. The van der Waals surface area contributed by atoms with Crippen LogP contribution < -0.4 is 9.47 Å². The minimum Gasteiger partial charge on any atom is -0.486 e. The number of rotatable bonds is 5. The van der Waals surface area contributed by atoms with E-state index < -0.39 is 10.0 Å². The van der Waals surface area contributed by atoms with E-state index in [-0.39, 0.29) is 24.5 Å². The molecule has 1 fully saturated rings. The fourth-order valence-electron chi connectivity index (χ4n) is 3.76. The molecule has 7 nitrogen and oxygen atoms in total. The second-order valence-electron chi connectivity index (χ2n) is 7.35. The molecule has 29 heavy (non-hydrogen) atoms. The van der Waals surface area contributed by atoms with Gasteiger partial charge in [0.05, 0.1) is 12.5 Å². The predicted molar refractivity (Wildman–Crippen MR) is 110 cm³/mol. The van der Waals surface area contributed by atoms with Crippen molar-refractivity contribution >= 4 is 27.3 Å². The van der Waals surface area contributed by atoms with Crippen LogP contribution in [0.25, 0.3) is 0 Å². The largest absolute Gasteiger partial charge is 0.486 e. The molecule has 156 valence electrons. The highest BCUT2D eigenvalue weighted by Crippen LogP contribution is 2.31. The first-order valence-electron chi connectivity index (χ1n) is 9.62. The fourth-order valence-corrected chi connectivity index (χ4v) is 6.43. The van der Waals surface area contributed by atoms with Gasteiger partial charge in [0, 0.05) is 20.1 Å². The lowest BCUT2D eigenvalue weighted by Crippen LogP contribution is -2.48. The van der Waals surface area contributed by atoms with Gasteiger partial charge in [-0.3, -0.25) is 4.79 Å². The second-order valence-corrected chi connectivity index (χ2v) is 10.5. The average molecular weight is 437 g/mol. The van der Waals surface area contributed by atoms with E-state index in [2.05, 4.69) is 0 Å². The minimum atomic E-state index is -3.54. The van der Waals surface area contributed by atoms with E-state index in [9.17, 15) is 13.2 Å². The molecule has 0 unspecified atom stereocenters. The molecule has 2 aliphatic rings. The molecule has 1 saturated heterocycles. The number of sulfonamides is 1. The number of amides is 1. The van der Waals surface area contributed by atoms with Crippen molar-refractivity contribution in [1.82, 2.24) is 9.21 Å². The van der Waals surface area contributed by atoms with Gasteiger partial charge in [-0.2, -0.15) is 4.31 Å². The van der Waals surface area contributed by atoms with Crippen LogP contribution in [0.2, 0.25) is 0 Å². The number of hydrogen-bond acceptors (Lipinski definition) is 6. The molecule has 1 aromatic heterocycles. The lowest BCUT2D eigenvalue weighted by molar-refractivity contribution is -0.136. The zero-order valence-electron chi connectivity index (χ0n) is 16.2. The van der Waals surface area contributed by atoms with Gasteiger partial charge >= 0.3 is 0 Å². The number of fused-ring (bicyclic) bond motifs is 1. The molecule has 0 aliphatic carbocycles. The van der Waals surface area contributed by atoms with Gasteiger partial charge in [0.25, 0.3) is 10.0 Å². The van der Waals surface area contributed by atoms with Crippen molar-refractivity contribution in [1.29, 1.82) is 0 Å². The van der Waals surface area contributed by atoms with Crippen molar-refractivity contribution in [2.45, 2.75) is 23.2 Å². The number of thiophene rings is 1. The number of carbonyl (C=O) groups is 1. The highest BCUT2D eigenvalue weighted by atomic mass is 32.2. The Morgan fingerprint density at radius 1 is 1.24 bits per heavy atom. The third-order valence-corrected chi connectivity index (χ3v) is 8.48. The Morgan fingerprint density at radius 3 is 2.79 bits per heavy atom. The number of benzene rings is 1. The summed E-state index contributed by atoms with van der Waals surface area (Å²) in [6.07, 6.45) is 1.10. The van der Waals surface area contributed by atoms with E-state index >= 15 is 0 Å². The van der Waals surface area contributed by atoms with Gasteiger partial charge in [0.15, 0.2) is 17.6 Å². The molecule has 2 atom stereocenters. The molecule has 3 heterocycles. The number of piperidine rings is 1. The molecule has 2 aromatic rings. The quantitative estimate of drug-likeness (QED) is 0.720. The van der Waals surface area contributed by atoms with Crippen molar-refractivity contribution in [2.75, 3.05) is 33.3 Å². The van der Waals surface area contributed by atoms with Crippen LogP contribution >= 0.6 is 11.3 Å². The van der Waals surface area contributed by atoms with Crippen LogP contribution in [0.1, 0.15) is 12.8 Å². The van der Waals surface area contributed by atoms with Crippen molar-refractivity contribution in [3.8, 4) is 11.5 Å². The molecule has 0 radical (unpaired) electrons. The van der Waals surface area contributed by atoms with Crippen molar-refractivity contribution in [3.05, 3.63) is 41.8 Å². The number of hydrogen-bond donors (Lipinski definition) is 0. The fraction of sp³-hybridized carbons (Fsp3) is 0.450. The lowest BCUT2D eigenvalue weighted by atomic mass is 9.98. The Labute approximate surface area is 174 Å². The maximum absolute atomic E-state index is 13.0. The summed E-state index contributed by atoms with van der Waals surface area (Å²) in [4.78, 5) is 14.6. The van der Waals surface area contributed by atoms with Crippen LogP contribution in [0.3, 0.4) is 0 Å². The molecule has 2 aliphatic heterocycles. The van der Waals surface area contributed by atoms with Gasteiger partial charge in [0.2, 0.25) is 5.91 Å². The highest BCUT2D eigenvalue weighted by molar-refractivity contribution is 7.91. The van der Waals surface area contributed by atoms with E-state index in [0.717, 1.165) is 0 Å². The van der Waals surface area contributed by atoms with Gasteiger partial charge < -0.3 is 14.4 Å². The number of para-hydroxylation sites is 2. The standard InChI is InChI=1S/C20H24N2O5S2/c1-21(13-16-14-26-17-7-2-3-8-18(17)27-16)20(23)15-6-4-10-22(12-15)29(24,25)19-9-5-11-28-19/h2-3,5,7-9,11,15-16H,4,6,10,12-14H2,1H3/t15-,16+/m0/s1. The van der Waals surface area contributed by atoms with E-state index in [1.165, 1.54) is 15.6 Å². The summed E-state index contributed by atoms with van der Waals surface area (Å²) in [7, 11) is -1.80. The maximum Gasteiger partial charge on any atom is 0.252 e. The van der Waals surface area contributed by atoms with E-state index in [1.807, 2.05) is 24.3 Å². The molecule has 0 bridgehead atoms. The average Bonchev–Trinajstić information content (AvgIpc) is 3.29. The zero-order chi connectivity index (χ0) is 20.4. The number of ether oxygens (including phenoxy) is 2.